The van der Waals surface area contributed by atoms with E-state index in [9.17, 15) is 9.90 Å². The number of aldehydes is 1. The van der Waals surface area contributed by atoms with E-state index in [2.05, 4.69) is 28.8 Å². The summed E-state index contributed by atoms with van der Waals surface area (Å²) in [7, 11) is 0. The Bertz CT molecular complexity index is 1260. The summed E-state index contributed by atoms with van der Waals surface area (Å²) in [5.41, 5.74) is 3.85. The lowest BCUT2D eigenvalue weighted by Gasteiger charge is -2.15. The van der Waals surface area contributed by atoms with Crippen LogP contribution in [-0.4, -0.2) is 26.6 Å². The number of benzene rings is 3. The number of carbonyl (C=O) groups is 1. The van der Waals surface area contributed by atoms with Crippen molar-refractivity contribution < 1.29 is 9.90 Å². The topological polar surface area (TPSA) is 47.2 Å². The predicted octanol–water partition coefficient (Wildman–Crippen LogP) is 4.62. The fourth-order valence-electron chi connectivity index (χ4n) is 4.22. The lowest BCUT2D eigenvalue weighted by atomic mass is 10.2. The second kappa shape index (κ2) is 6.66. The van der Waals surface area contributed by atoms with Crippen LogP contribution in [0.5, 0.6) is 0 Å². The normalized spacial score (nSPS) is 12.8. The number of hydrogen-bond donors (Lipinski definition) is 1. The predicted molar refractivity (Wildman–Crippen MR) is 113 cm³/mol. The number of carbonyl (C=O) groups excluding carboxylic acids is 1. The third kappa shape index (κ3) is 2.62. The van der Waals surface area contributed by atoms with E-state index in [4.69, 9.17) is 0 Å². The lowest BCUT2D eigenvalue weighted by molar-refractivity contribution is 0.112. The van der Waals surface area contributed by atoms with E-state index >= 15 is 0 Å². The van der Waals surface area contributed by atoms with Crippen LogP contribution in [0.25, 0.3) is 32.7 Å². The van der Waals surface area contributed by atoms with Crippen LogP contribution in [0.4, 0.5) is 0 Å². The largest absolute Gasteiger partial charge is 0.389 e. The fraction of sp³-hybridized carbons (Fsp3) is 0.125. The van der Waals surface area contributed by atoms with Crippen LogP contribution < -0.4 is 0 Å². The molecule has 0 amide bonds. The molecule has 4 nitrogen and oxygen atoms in total. The number of aliphatic hydroxyl groups excluding tert-OH is 1. The molecule has 1 atom stereocenters. The van der Waals surface area contributed by atoms with Crippen LogP contribution in [0.15, 0.2) is 79.0 Å². The molecule has 2 heterocycles. The number of rotatable bonds is 5. The maximum Gasteiger partial charge on any atom is 0.152 e. The Morgan fingerprint density at radius 3 is 1.89 bits per heavy atom. The monoisotopic (exact) mass is 368 g/mol. The van der Waals surface area contributed by atoms with Crippen molar-refractivity contribution in [2.45, 2.75) is 19.2 Å². The first-order chi connectivity index (χ1) is 13.8. The fourth-order valence-corrected chi connectivity index (χ4v) is 4.22. The minimum absolute atomic E-state index is 0.426. The molecule has 0 fully saturated rings. The van der Waals surface area contributed by atoms with Crippen LogP contribution in [0.2, 0.25) is 0 Å². The highest BCUT2D eigenvalue weighted by Gasteiger charge is 2.15. The highest BCUT2D eigenvalue weighted by Crippen LogP contribution is 2.29. The molecule has 0 spiro atoms. The second-order valence-electron chi connectivity index (χ2n) is 7.17. The molecule has 0 aliphatic carbocycles. The van der Waals surface area contributed by atoms with Crippen molar-refractivity contribution in [2.24, 2.45) is 0 Å². The average molecular weight is 368 g/mol. The summed E-state index contributed by atoms with van der Waals surface area (Å²) < 4.78 is 4.15. The summed E-state index contributed by atoms with van der Waals surface area (Å²) in [6.07, 6.45) is 2.11. The van der Waals surface area contributed by atoms with E-state index in [0.29, 0.717) is 18.7 Å². The molecule has 0 bridgehead atoms. The molecule has 28 heavy (non-hydrogen) atoms. The summed E-state index contributed by atoms with van der Waals surface area (Å²) in [4.78, 5) is 11.4. The zero-order chi connectivity index (χ0) is 19.1. The number of hydrogen-bond acceptors (Lipinski definition) is 2. The SMILES string of the molecule is O=Cc1cn(C[C@@H](O)Cn2c3ccccc3c3ccccc32)c2ccccc12. The van der Waals surface area contributed by atoms with Gasteiger partial charge in [-0.2, -0.15) is 0 Å². The zero-order valence-corrected chi connectivity index (χ0v) is 15.3. The molecule has 0 saturated carbocycles. The molecule has 0 aliphatic heterocycles. The van der Waals surface area contributed by atoms with Crippen molar-refractivity contribution in [3.8, 4) is 0 Å². The van der Waals surface area contributed by atoms with Gasteiger partial charge in [0.25, 0.3) is 0 Å². The van der Waals surface area contributed by atoms with E-state index in [1.165, 1.54) is 10.8 Å². The maximum absolute atomic E-state index is 11.4. The Morgan fingerprint density at radius 2 is 1.29 bits per heavy atom. The van der Waals surface area contributed by atoms with E-state index in [1.54, 1.807) is 0 Å². The van der Waals surface area contributed by atoms with Gasteiger partial charge in [0.1, 0.15) is 0 Å². The van der Waals surface area contributed by atoms with Gasteiger partial charge in [0, 0.05) is 44.5 Å². The molecular formula is C24H20N2O2. The quantitative estimate of drug-likeness (QED) is 0.460. The standard InChI is InChI=1S/C24H20N2O2/c27-16-17-13-25(22-10-4-1-7-19(17)22)14-18(28)15-26-23-11-5-2-8-20(23)21-9-3-6-12-24(21)26/h1-13,16,18,28H,14-15H2/t18-/m1/s1. The number of aromatic nitrogens is 2. The van der Waals surface area contributed by atoms with Crippen LogP contribution in [0.1, 0.15) is 10.4 Å². The van der Waals surface area contributed by atoms with Gasteiger partial charge in [-0.1, -0.05) is 54.6 Å². The molecular weight excluding hydrogens is 348 g/mol. The molecule has 138 valence electrons. The van der Waals surface area contributed by atoms with Gasteiger partial charge in [-0.05, 0) is 18.2 Å². The molecule has 0 unspecified atom stereocenters. The van der Waals surface area contributed by atoms with Gasteiger partial charge in [-0.15, -0.1) is 0 Å². The average Bonchev–Trinajstić information content (AvgIpc) is 3.25. The Hall–Kier alpha value is -3.37. The minimum Gasteiger partial charge on any atom is -0.389 e. The highest BCUT2D eigenvalue weighted by molar-refractivity contribution is 6.08. The highest BCUT2D eigenvalue weighted by atomic mass is 16.3. The Kier molecular flexibility index (Phi) is 3.99. The summed E-state index contributed by atoms with van der Waals surface area (Å²) in [6, 6.07) is 24.4. The third-order valence-corrected chi connectivity index (χ3v) is 5.43. The smallest absolute Gasteiger partial charge is 0.152 e. The van der Waals surface area contributed by atoms with E-state index < -0.39 is 6.10 Å². The van der Waals surface area contributed by atoms with Gasteiger partial charge in [0.05, 0.1) is 19.2 Å². The van der Waals surface area contributed by atoms with E-state index in [-0.39, 0.29) is 0 Å². The van der Waals surface area contributed by atoms with Gasteiger partial charge < -0.3 is 14.2 Å². The van der Waals surface area contributed by atoms with Gasteiger partial charge in [-0.25, -0.2) is 0 Å². The molecule has 1 N–H and O–H groups in total. The molecule has 5 rings (SSSR count). The number of nitrogens with zero attached hydrogens (tertiary/aromatic N) is 2. The molecule has 0 aliphatic rings. The van der Waals surface area contributed by atoms with Crippen molar-refractivity contribution in [2.75, 3.05) is 0 Å². The van der Waals surface area contributed by atoms with Crippen molar-refractivity contribution in [1.29, 1.82) is 0 Å². The molecule has 0 radical (unpaired) electrons. The van der Waals surface area contributed by atoms with E-state index in [1.807, 2.05) is 59.3 Å². The molecule has 5 aromatic rings. The van der Waals surface area contributed by atoms with Crippen molar-refractivity contribution in [3.05, 3.63) is 84.6 Å². The van der Waals surface area contributed by atoms with Gasteiger partial charge in [0.15, 0.2) is 6.29 Å². The third-order valence-electron chi connectivity index (χ3n) is 5.43. The Labute approximate surface area is 162 Å². The van der Waals surface area contributed by atoms with Crippen LogP contribution in [0, 0.1) is 0 Å². The number of para-hydroxylation sites is 3. The van der Waals surface area contributed by atoms with E-state index in [0.717, 1.165) is 28.2 Å². The van der Waals surface area contributed by atoms with Gasteiger partial charge >= 0.3 is 0 Å². The van der Waals surface area contributed by atoms with Crippen molar-refractivity contribution in [1.82, 2.24) is 9.13 Å². The minimum atomic E-state index is -0.588. The summed E-state index contributed by atoms with van der Waals surface area (Å²) >= 11 is 0. The van der Waals surface area contributed by atoms with Crippen LogP contribution in [0.3, 0.4) is 0 Å². The first-order valence-electron chi connectivity index (χ1n) is 9.43. The molecule has 0 saturated heterocycles. The molecule has 2 aromatic heterocycles. The second-order valence-corrected chi connectivity index (χ2v) is 7.17. The number of fused-ring (bicyclic) bond motifs is 4. The van der Waals surface area contributed by atoms with Crippen molar-refractivity contribution >= 4 is 39.0 Å². The Balaban J connectivity index is 1.53. The molecule has 3 aromatic carbocycles. The summed E-state index contributed by atoms with van der Waals surface area (Å²) in [6.45, 7) is 0.909. The van der Waals surface area contributed by atoms with Gasteiger partial charge in [0.2, 0.25) is 0 Å². The van der Waals surface area contributed by atoms with Gasteiger partial charge in [-0.3, -0.25) is 4.79 Å². The lowest BCUT2D eigenvalue weighted by Crippen LogP contribution is -2.21. The maximum atomic E-state index is 11.4. The summed E-state index contributed by atoms with van der Waals surface area (Å²) in [5.74, 6) is 0. The zero-order valence-electron chi connectivity index (χ0n) is 15.3. The van der Waals surface area contributed by atoms with Crippen LogP contribution >= 0.6 is 0 Å². The first-order valence-corrected chi connectivity index (χ1v) is 9.43. The molecule has 4 heteroatoms. The number of aliphatic hydroxyl groups is 1. The summed E-state index contributed by atoms with van der Waals surface area (Å²) in [5, 5.41) is 14.2. The van der Waals surface area contributed by atoms with Crippen LogP contribution in [-0.2, 0) is 13.1 Å². The van der Waals surface area contributed by atoms with Crippen molar-refractivity contribution in [3.63, 3.8) is 0 Å². The Morgan fingerprint density at radius 1 is 0.750 bits per heavy atom. The first kappa shape index (κ1) is 16.8.